The molecule has 1 aromatic rings. The number of nitrogens with zero attached hydrogens (tertiary/aromatic N) is 1. The van der Waals surface area contributed by atoms with Gasteiger partial charge in [-0.2, -0.15) is 0 Å². The van der Waals surface area contributed by atoms with Crippen LogP contribution in [0.5, 0.6) is 0 Å². The van der Waals surface area contributed by atoms with E-state index >= 15 is 0 Å². The lowest BCUT2D eigenvalue weighted by molar-refractivity contribution is -0.0688. The van der Waals surface area contributed by atoms with Crippen LogP contribution in [0.25, 0.3) is 0 Å². The van der Waals surface area contributed by atoms with Gasteiger partial charge in [0.2, 0.25) is 0 Å². The smallest absolute Gasteiger partial charge is 0.251 e. The van der Waals surface area contributed by atoms with E-state index in [1.165, 1.54) is 38.5 Å². The second kappa shape index (κ2) is 5.07. The quantitative estimate of drug-likeness (QED) is 0.924. The van der Waals surface area contributed by atoms with Crippen molar-refractivity contribution < 1.29 is 4.79 Å². The minimum Gasteiger partial charge on any atom is -0.349 e. The van der Waals surface area contributed by atoms with E-state index in [-0.39, 0.29) is 11.9 Å². The molecule has 0 saturated heterocycles. The summed E-state index contributed by atoms with van der Waals surface area (Å²) >= 11 is 0. The summed E-state index contributed by atoms with van der Waals surface area (Å²) in [4.78, 5) is 16.7. The molecule has 1 amide bonds. The van der Waals surface area contributed by atoms with Crippen LogP contribution in [0.1, 0.15) is 61.5 Å². The Bertz CT molecular complexity index is 560. The van der Waals surface area contributed by atoms with Gasteiger partial charge in [-0.3, -0.25) is 9.78 Å². The number of aryl methyl sites for hydroxylation is 1. The Morgan fingerprint density at radius 3 is 2.36 bits per heavy atom. The highest BCUT2D eigenvalue weighted by molar-refractivity contribution is 5.94. The third kappa shape index (κ3) is 2.35. The predicted octanol–water partition coefficient (Wildman–Crippen LogP) is 3.72. The summed E-state index contributed by atoms with van der Waals surface area (Å²) in [6, 6.07) is 3.97. The summed E-state index contributed by atoms with van der Waals surface area (Å²) in [6.45, 7) is 4.17. The Balaban J connectivity index is 1.50. The zero-order chi connectivity index (χ0) is 15.3. The summed E-state index contributed by atoms with van der Waals surface area (Å²) in [5.74, 6) is 2.84. The van der Waals surface area contributed by atoms with Crippen LogP contribution in [0, 0.1) is 30.1 Å². The van der Waals surface area contributed by atoms with Crippen LogP contribution < -0.4 is 5.32 Å². The number of amides is 1. The van der Waals surface area contributed by atoms with Gasteiger partial charge in [-0.1, -0.05) is 0 Å². The van der Waals surface area contributed by atoms with E-state index in [2.05, 4.69) is 17.2 Å². The lowest BCUT2D eigenvalue weighted by Crippen LogP contribution is -2.55. The topological polar surface area (TPSA) is 42.0 Å². The SMILES string of the molecule is Cc1cc(C(=O)NC(C)C23CC4CC(CC(C4)C2)C3)ccn1. The predicted molar refractivity (Wildman–Crippen MR) is 86.5 cm³/mol. The lowest BCUT2D eigenvalue weighted by atomic mass is 9.48. The summed E-state index contributed by atoms with van der Waals surface area (Å²) in [6.07, 6.45) is 10.1. The standard InChI is InChI=1S/C19H26N2O/c1-12-5-17(3-4-20-12)18(22)21-13(2)19-9-14-6-15(10-19)8-16(7-14)11-19/h3-5,13-16H,6-11H2,1-2H3,(H,21,22). The maximum Gasteiger partial charge on any atom is 0.251 e. The third-order valence-corrected chi connectivity index (χ3v) is 6.51. The second-order valence-electron chi connectivity index (χ2n) is 8.16. The second-order valence-corrected chi connectivity index (χ2v) is 8.16. The summed E-state index contributed by atoms with van der Waals surface area (Å²) < 4.78 is 0. The van der Waals surface area contributed by atoms with Crippen LogP contribution >= 0.6 is 0 Å². The molecule has 0 aromatic carbocycles. The molecule has 5 rings (SSSR count). The molecule has 1 N–H and O–H groups in total. The van der Waals surface area contributed by atoms with Gasteiger partial charge >= 0.3 is 0 Å². The molecule has 1 heterocycles. The average Bonchev–Trinajstić information content (AvgIpc) is 2.45. The molecule has 118 valence electrons. The van der Waals surface area contributed by atoms with Crippen LogP contribution in [0.2, 0.25) is 0 Å². The molecule has 22 heavy (non-hydrogen) atoms. The molecule has 0 radical (unpaired) electrons. The van der Waals surface area contributed by atoms with Crippen LogP contribution in [-0.2, 0) is 0 Å². The number of aromatic nitrogens is 1. The van der Waals surface area contributed by atoms with Crippen LogP contribution in [0.4, 0.5) is 0 Å². The van der Waals surface area contributed by atoms with E-state index in [0.717, 1.165) is 29.0 Å². The number of hydrogen-bond donors (Lipinski definition) is 1. The zero-order valence-electron chi connectivity index (χ0n) is 13.6. The maximum atomic E-state index is 12.6. The molecule has 4 fully saturated rings. The Morgan fingerprint density at radius 1 is 1.23 bits per heavy atom. The molecule has 4 saturated carbocycles. The van der Waals surface area contributed by atoms with Crippen LogP contribution in [-0.4, -0.2) is 16.9 Å². The van der Waals surface area contributed by atoms with Crippen molar-refractivity contribution in [1.82, 2.24) is 10.3 Å². The number of hydrogen-bond acceptors (Lipinski definition) is 2. The van der Waals surface area contributed by atoms with Crippen LogP contribution in [0.15, 0.2) is 18.3 Å². The van der Waals surface area contributed by atoms with E-state index in [4.69, 9.17) is 0 Å². The Morgan fingerprint density at radius 2 is 1.82 bits per heavy atom. The molecule has 3 heteroatoms. The molecule has 3 nitrogen and oxygen atoms in total. The molecule has 0 spiro atoms. The normalized spacial score (nSPS) is 37.1. The Hall–Kier alpha value is -1.38. The van der Waals surface area contributed by atoms with Crippen molar-refractivity contribution in [2.24, 2.45) is 23.2 Å². The van der Waals surface area contributed by atoms with E-state index < -0.39 is 0 Å². The van der Waals surface area contributed by atoms with Gasteiger partial charge in [-0.05, 0) is 87.7 Å². The van der Waals surface area contributed by atoms with Gasteiger partial charge in [-0.25, -0.2) is 0 Å². The number of carbonyl (C=O) groups excluding carboxylic acids is 1. The zero-order valence-corrected chi connectivity index (χ0v) is 13.6. The maximum absolute atomic E-state index is 12.6. The number of carbonyl (C=O) groups is 1. The highest BCUT2D eigenvalue weighted by Crippen LogP contribution is 2.61. The molecule has 1 atom stereocenters. The highest BCUT2D eigenvalue weighted by atomic mass is 16.1. The first kappa shape index (κ1) is 14.2. The highest BCUT2D eigenvalue weighted by Gasteiger charge is 2.53. The Kier molecular flexibility index (Phi) is 3.28. The van der Waals surface area contributed by atoms with Crippen molar-refractivity contribution in [2.45, 2.75) is 58.4 Å². The molecule has 4 aliphatic carbocycles. The van der Waals surface area contributed by atoms with E-state index in [0.29, 0.717) is 5.41 Å². The van der Waals surface area contributed by atoms with Gasteiger partial charge in [-0.15, -0.1) is 0 Å². The molecule has 4 aliphatic rings. The fourth-order valence-electron chi connectivity index (χ4n) is 5.83. The van der Waals surface area contributed by atoms with Crippen molar-refractivity contribution >= 4 is 5.91 Å². The monoisotopic (exact) mass is 298 g/mol. The van der Waals surface area contributed by atoms with Crippen molar-refractivity contribution in [3.8, 4) is 0 Å². The van der Waals surface area contributed by atoms with Crippen molar-refractivity contribution in [3.05, 3.63) is 29.6 Å². The van der Waals surface area contributed by atoms with Gasteiger partial charge in [0.25, 0.3) is 5.91 Å². The van der Waals surface area contributed by atoms with Gasteiger partial charge in [0.05, 0.1) is 0 Å². The van der Waals surface area contributed by atoms with Gasteiger partial charge in [0, 0.05) is 23.5 Å². The summed E-state index contributed by atoms with van der Waals surface area (Å²) in [5, 5.41) is 3.31. The fourth-order valence-corrected chi connectivity index (χ4v) is 5.83. The number of rotatable bonds is 3. The molecule has 0 aliphatic heterocycles. The van der Waals surface area contributed by atoms with Gasteiger partial charge in [0.1, 0.15) is 0 Å². The largest absolute Gasteiger partial charge is 0.349 e. The Labute approximate surface area is 132 Å². The van der Waals surface area contributed by atoms with Crippen LogP contribution in [0.3, 0.4) is 0 Å². The fraction of sp³-hybridized carbons (Fsp3) is 0.684. The first-order chi connectivity index (χ1) is 10.5. The van der Waals surface area contributed by atoms with Gasteiger partial charge in [0.15, 0.2) is 0 Å². The minimum absolute atomic E-state index is 0.0637. The van der Waals surface area contributed by atoms with E-state index in [1.54, 1.807) is 6.20 Å². The van der Waals surface area contributed by atoms with Crippen molar-refractivity contribution in [1.29, 1.82) is 0 Å². The first-order valence-electron chi connectivity index (χ1n) is 8.77. The average molecular weight is 298 g/mol. The molecule has 1 aromatic heterocycles. The van der Waals surface area contributed by atoms with Crippen molar-refractivity contribution in [3.63, 3.8) is 0 Å². The van der Waals surface area contributed by atoms with E-state index in [1.807, 2.05) is 19.1 Å². The number of nitrogens with one attached hydrogen (secondary N) is 1. The third-order valence-electron chi connectivity index (χ3n) is 6.51. The van der Waals surface area contributed by atoms with Crippen molar-refractivity contribution in [2.75, 3.05) is 0 Å². The van der Waals surface area contributed by atoms with E-state index in [9.17, 15) is 4.79 Å². The molecule has 4 bridgehead atoms. The van der Waals surface area contributed by atoms with Gasteiger partial charge < -0.3 is 5.32 Å². The summed E-state index contributed by atoms with van der Waals surface area (Å²) in [5.41, 5.74) is 2.01. The first-order valence-corrected chi connectivity index (χ1v) is 8.77. The number of pyridine rings is 1. The lowest BCUT2D eigenvalue weighted by Gasteiger charge is -2.59. The minimum atomic E-state index is 0.0637. The molecule has 1 unspecified atom stereocenters. The molecular formula is C19H26N2O. The summed E-state index contributed by atoms with van der Waals surface area (Å²) in [7, 11) is 0. The molecular weight excluding hydrogens is 272 g/mol.